The summed E-state index contributed by atoms with van der Waals surface area (Å²) in [5.41, 5.74) is 6.67. The lowest BCUT2D eigenvalue weighted by molar-refractivity contribution is 0.0943. The van der Waals surface area contributed by atoms with E-state index in [-0.39, 0.29) is 11.9 Å². The molecule has 1 atom stereocenters. The summed E-state index contributed by atoms with van der Waals surface area (Å²) in [6, 6.07) is 5.83. The summed E-state index contributed by atoms with van der Waals surface area (Å²) in [7, 11) is 1.63. The van der Waals surface area contributed by atoms with Crippen LogP contribution in [0.4, 0.5) is 5.69 Å². The minimum absolute atomic E-state index is 0.0868. The predicted octanol–water partition coefficient (Wildman–Crippen LogP) is 3.80. The number of unbranched alkanes of at least 4 members (excludes halogenated alkanes) is 1. The Morgan fingerprint density at radius 3 is 2.90 bits per heavy atom. The van der Waals surface area contributed by atoms with Gasteiger partial charge in [-0.15, -0.1) is 11.3 Å². The molecule has 1 unspecified atom stereocenters. The fourth-order valence-electron chi connectivity index (χ4n) is 2.26. The second kappa shape index (κ2) is 6.80. The van der Waals surface area contributed by atoms with Crippen molar-refractivity contribution in [1.29, 1.82) is 0 Å². The number of nitrogens with one attached hydrogen (secondary N) is 1. The average Bonchev–Trinajstić information content (AvgIpc) is 2.81. The van der Waals surface area contributed by atoms with Crippen molar-refractivity contribution in [3.8, 4) is 5.75 Å². The lowest BCUT2D eigenvalue weighted by atomic mass is 10.1. The molecule has 0 spiro atoms. The summed E-state index contributed by atoms with van der Waals surface area (Å²) < 4.78 is 6.18. The predicted molar refractivity (Wildman–Crippen MR) is 89.2 cm³/mol. The van der Waals surface area contributed by atoms with Crippen molar-refractivity contribution in [2.45, 2.75) is 39.2 Å². The van der Waals surface area contributed by atoms with Gasteiger partial charge in [0.1, 0.15) is 10.6 Å². The zero-order chi connectivity index (χ0) is 15.4. The minimum atomic E-state index is -0.0868. The van der Waals surface area contributed by atoms with Crippen molar-refractivity contribution in [3.63, 3.8) is 0 Å². The van der Waals surface area contributed by atoms with Gasteiger partial charge in [0.2, 0.25) is 0 Å². The molecule has 0 bridgehead atoms. The zero-order valence-electron chi connectivity index (χ0n) is 12.7. The van der Waals surface area contributed by atoms with Gasteiger partial charge in [-0.05, 0) is 31.5 Å². The van der Waals surface area contributed by atoms with Crippen molar-refractivity contribution < 1.29 is 9.53 Å². The number of hydrogen-bond acceptors (Lipinski definition) is 4. The number of fused-ring (bicyclic) bond motifs is 1. The second-order valence-electron chi connectivity index (χ2n) is 5.22. The highest BCUT2D eigenvalue weighted by atomic mass is 32.1. The van der Waals surface area contributed by atoms with Gasteiger partial charge < -0.3 is 15.8 Å². The number of amides is 1. The van der Waals surface area contributed by atoms with Crippen molar-refractivity contribution in [2.75, 3.05) is 12.8 Å². The number of rotatable bonds is 6. The zero-order valence-corrected chi connectivity index (χ0v) is 13.5. The molecule has 21 heavy (non-hydrogen) atoms. The molecule has 0 aliphatic carbocycles. The molecule has 4 nitrogen and oxygen atoms in total. The maximum Gasteiger partial charge on any atom is 0.263 e. The van der Waals surface area contributed by atoms with E-state index in [1.54, 1.807) is 7.11 Å². The average molecular weight is 306 g/mol. The standard InChI is InChI=1S/C16H22N2O2S/c1-4-5-6-10(2)18-16(19)15-14(17)12-8-7-11(20-3)9-13(12)21-15/h7-10H,4-6,17H2,1-3H3,(H,18,19). The van der Waals surface area contributed by atoms with Crippen molar-refractivity contribution in [2.24, 2.45) is 0 Å². The number of anilines is 1. The number of carbonyl (C=O) groups excluding carboxylic acids is 1. The molecule has 2 rings (SSSR count). The first-order valence-electron chi connectivity index (χ1n) is 7.23. The van der Waals surface area contributed by atoms with Gasteiger partial charge in [-0.2, -0.15) is 0 Å². The van der Waals surface area contributed by atoms with Crippen LogP contribution in [0.5, 0.6) is 5.75 Å². The largest absolute Gasteiger partial charge is 0.497 e. The molecular formula is C16H22N2O2S. The van der Waals surface area contributed by atoms with E-state index in [9.17, 15) is 4.79 Å². The summed E-state index contributed by atoms with van der Waals surface area (Å²) >= 11 is 1.41. The molecule has 0 radical (unpaired) electrons. The molecule has 1 heterocycles. The van der Waals surface area contributed by atoms with E-state index in [0.717, 1.165) is 35.1 Å². The lowest BCUT2D eigenvalue weighted by Gasteiger charge is -2.12. The third-order valence-electron chi connectivity index (χ3n) is 3.51. The van der Waals surface area contributed by atoms with Gasteiger partial charge in [0.05, 0.1) is 12.8 Å². The van der Waals surface area contributed by atoms with Crippen LogP contribution in [0.2, 0.25) is 0 Å². The summed E-state index contributed by atoms with van der Waals surface area (Å²) in [6.07, 6.45) is 3.23. The number of carbonyl (C=O) groups is 1. The van der Waals surface area contributed by atoms with Crippen LogP contribution in [0.1, 0.15) is 42.8 Å². The molecule has 5 heteroatoms. The van der Waals surface area contributed by atoms with Crippen LogP contribution in [0, 0.1) is 0 Å². The number of hydrogen-bond donors (Lipinski definition) is 2. The number of ether oxygens (including phenoxy) is 1. The van der Waals surface area contributed by atoms with Gasteiger partial charge in [-0.25, -0.2) is 0 Å². The first kappa shape index (κ1) is 15.6. The molecule has 2 aromatic rings. The van der Waals surface area contributed by atoms with E-state index in [1.165, 1.54) is 11.3 Å². The van der Waals surface area contributed by atoms with Crippen molar-refractivity contribution in [3.05, 3.63) is 23.1 Å². The summed E-state index contributed by atoms with van der Waals surface area (Å²) in [5, 5.41) is 3.93. The first-order chi connectivity index (χ1) is 10.1. The smallest absolute Gasteiger partial charge is 0.263 e. The van der Waals surface area contributed by atoms with E-state index in [1.807, 2.05) is 25.1 Å². The van der Waals surface area contributed by atoms with Crippen LogP contribution < -0.4 is 15.8 Å². The van der Waals surface area contributed by atoms with Crippen molar-refractivity contribution in [1.82, 2.24) is 5.32 Å². The van der Waals surface area contributed by atoms with E-state index < -0.39 is 0 Å². The number of nitrogens with two attached hydrogens (primary N) is 1. The number of methoxy groups -OCH3 is 1. The Morgan fingerprint density at radius 1 is 1.48 bits per heavy atom. The van der Waals surface area contributed by atoms with Crippen LogP contribution in [-0.2, 0) is 0 Å². The summed E-state index contributed by atoms with van der Waals surface area (Å²) in [6.45, 7) is 4.17. The molecule has 0 saturated heterocycles. The number of benzene rings is 1. The Bertz CT molecular complexity index is 636. The Balaban J connectivity index is 2.21. The molecule has 3 N–H and O–H groups in total. The maximum atomic E-state index is 12.4. The third-order valence-corrected chi connectivity index (χ3v) is 4.68. The topological polar surface area (TPSA) is 64.3 Å². The highest BCUT2D eigenvalue weighted by Crippen LogP contribution is 2.35. The minimum Gasteiger partial charge on any atom is -0.497 e. The normalized spacial score (nSPS) is 12.3. The monoisotopic (exact) mass is 306 g/mol. The maximum absolute atomic E-state index is 12.4. The van der Waals surface area contributed by atoms with Crippen LogP contribution in [0.15, 0.2) is 18.2 Å². The number of thiophene rings is 1. The van der Waals surface area contributed by atoms with Crippen LogP contribution in [0.25, 0.3) is 10.1 Å². The van der Waals surface area contributed by atoms with Crippen LogP contribution >= 0.6 is 11.3 Å². The van der Waals surface area contributed by atoms with E-state index in [4.69, 9.17) is 10.5 Å². The summed E-state index contributed by atoms with van der Waals surface area (Å²) in [4.78, 5) is 12.9. The van der Waals surface area contributed by atoms with Crippen LogP contribution in [-0.4, -0.2) is 19.1 Å². The Morgan fingerprint density at radius 2 is 2.24 bits per heavy atom. The molecule has 1 aromatic heterocycles. The van der Waals surface area contributed by atoms with Gasteiger partial charge in [-0.3, -0.25) is 4.79 Å². The molecule has 1 amide bonds. The third kappa shape index (κ3) is 3.47. The van der Waals surface area contributed by atoms with Gasteiger partial charge in [0, 0.05) is 16.1 Å². The summed E-state index contributed by atoms with van der Waals surface area (Å²) in [5.74, 6) is 0.684. The fraction of sp³-hybridized carbons (Fsp3) is 0.438. The Hall–Kier alpha value is -1.75. The number of nitrogen functional groups attached to an aromatic ring is 1. The van der Waals surface area contributed by atoms with Gasteiger partial charge in [-0.1, -0.05) is 19.8 Å². The lowest BCUT2D eigenvalue weighted by Crippen LogP contribution is -2.32. The molecule has 0 aliphatic rings. The Kier molecular flexibility index (Phi) is 5.07. The molecule has 1 aromatic carbocycles. The SMILES string of the molecule is CCCCC(C)NC(=O)c1sc2cc(OC)ccc2c1N. The molecule has 0 fully saturated rings. The quantitative estimate of drug-likeness (QED) is 0.853. The molecule has 0 saturated carbocycles. The first-order valence-corrected chi connectivity index (χ1v) is 8.05. The molecule has 0 aliphatic heterocycles. The van der Waals surface area contributed by atoms with Gasteiger partial charge >= 0.3 is 0 Å². The Labute approximate surface area is 129 Å². The highest BCUT2D eigenvalue weighted by molar-refractivity contribution is 7.21. The van der Waals surface area contributed by atoms with E-state index in [2.05, 4.69) is 12.2 Å². The highest BCUT2D eigenvalue weighted by Gasteiger charge is 2.18. The second-order valence-corrected chi connectivity index (χ2v) is 6.28. The van der Waals surface area contributed by atoms with Crippen LogP contribution in [0.3, 0.4) is 0 Å². The van der Waals surface area contributed by atoms with E-state index in [0.29, 0.717) is 10.6 Å². The van der Waals surface area contributed by atoms with Crippen molar-refractivity contribution >= 4 is 33.0 Å². The van der Waals surface area contributed by atoms with Gasteiger partial charge in [0.25, 0.3) is 5.91 Å². The molecule has 114 valence electrons. The van der Waals surface area contributed by atoms with Gasteiger partial charge in [0.15, 0.2) is 0 Å². The molecular weight excluding hydrogens is 284 g/mol. The fourth-order valence-corrected chi connectivity index (χ4v) is 3.32. The van der Waals surface area contributed by atoms with E-state index >= 15 is 0 Å².